The summed E-state index contributed by atoms with van der Waals surface area (Å²) >= 11 is 0. The average molecular weight is 432 g/mol. The largest absolute Gasteiger partial charge is 0.464 e. The van der Waals surface area contributed by atoms with Crippen molar-refractivity contribution in [2.75, 3.05) is 13.6 Å². The van der Waals surface area contributed by atoms with E-state index in [9.17, 15) is 0 Å². The first-order valence-corrected chi connectivity index (χ1v) is 7.54. The summed E-state index contributed by atoms with van der Waals surface area (Å²) in [5, 5.41) is 14.6. The molecule has 2 aromatic rings. The summed E-state index contributed by atoms with van der Waals surface area (Å²) in [7, 11) is 1.76. The number of furan rings is 1. The van der Waals surface area contributed by atoms with Gasteiger partial charge in [0, 0.05) is 26.6 Å². The molecule has 2 aromatic heterocycles. The van der Waals surface area contributed by atoms with E-state index in [0.29, 0.717) is 0 Å². The number of aliphatic imine (C=N–C) groups is 1. The molecule has 0 bridgehead atoms. The van der Waals surface area contributed by atoms with E-state index in [-0.39, 0.29) is 30.0 Å². The van der Waals surface area contributed by atoms with Crippen molar-refractivity contribution >= 4 is 29.9 Å². The summed E-state index contributed by atoms with van der Waals surface area (Å²) in [5.41, 5.74) is 0. The fraction of sp³-hybridized carbons (Fsp3) is 0.533. The summed E-state index contributed by atoms with van der Waals surface area (Å²) in [6, 6.07) is 3.99. The van der Waals surface area contributed by atoms with Crippen LogP contribution in [-0.4, -0.2) is 34.3 Å². The molecule has 0 spiro atoms. The van der Waals surface area contributed by atoms with Crippen LogP contribution in [0.3, 0.4) is 0 Å². The van der Waals surface area contributed by atoms with Crippen LogP contribution in [-0.2, 0) is 13.0 Å². The Bertz CT molecular complexity index is 621. The molecular weight excluding hydrogens is 407 g/mol. The Hall–Kier alpha value is -1.58. The van der Waals surface area contributed by atoms with Gasteiger partial charge in [0.15, 0.2) is 5.96 Å². The summed E-state index contributed by atoms with van der Waals surface area (Å²) in [6.07, 6.45) is 2.63. The third-order valence-corrected chi connectivity index (χ3v) is 3.42. The Balaban J connectivity index is 0.00000264. The van der Waals surface area contributed by atoms with Crippen LogP contribution in [0.2, 0.25) is 0 Å². The van der Waals surface area contributed by atoms with E-state index >= 15 is 0 Å². The zero-order chi connectivity index (χ0) is 15.9. The lowest BCUT2D eigenvalue weighted by molar-refractivity contribution is 0.441. The number of halogens is 1. The first-order valence-electron chi connectivity index (χ1n) is 7.54. The number of guanidine groups is 1. The molecular formula is C15H25IN6O. The van der Waals surface area contributed by atoms with E-state index in [4.69, 9.17) is 4.42 Å². The Labute approximate surface area is 154 Å². The van der Waals surface area contributed by atoms with Crippen molar-refractivity contribution in [3.8, 4) is 0 Å². The lowest BCUT2D eigenvalue weighted by Gasteiger charge is -2.16. The molecule has 0 saturated heterocycles. The molecule has 1 unspecified atom stereocenters. The molecule has 0 aliphatic rings. The van der Waals surface area contributed by atoms with Crippen molar-refractivity contribution in [3.05, 3.63) is 35.8 Å². The van der Waals surface area contributed by atoms with Gasteiger partial charge in [-0.25, -0.2) is 0 Å². The van der Waals surface area contributed by atoms with Crippen molar-refractivity contribution in [2.45, 2.75) is 39.8 Å². The molecule has 0 aliphatic carbocycles. The van der Waals surface area contributed by atoms with E-state index in [2.05, 4.69) is 32.7 Å². The Morgan fingerprint density at radius 2 is 2.22 bits per heavy atom. The van der Waals surface area contributed by atoms with Crippen LogP contribution >= 0.6 is 24.0 Å². The maximum atomic E-state index is 5.62. The van der Waals surface area contributed by atoms with Gasteiger partial charge >= 0.3 is 0 Å². The topological polar surface area (TPSA) is 80.3 Å². The highest BCUT2D eigenvalue weighted by atomic mass is 127. The molecule has 7 nitrogen and oxygen atoms in total. The Morgan fingerprint density at radius 1 is 1.43 bits per heavy atom. The Kier molecular flexibility index (Phi) is 8.07. The number of hydrogen-bond acceptors (Lipinski definition) is 4. The Morgan fingerprint density at radius 3 is 2.83 bits per heavy atom. The van der Waals surface area contributed by atoms with Crippen LogP contribution in [0.5, 0.6) is 0 Å². The molecule has 23 heavy (non-hydrogen) atoms. The van der Waals surface area contributed by atoms with E-state index < -0.39 is 0 Å². The van der Waals surface area contributed by atoms with Crippen LogP contribution in [0.4, 0.5) is 0 Å². The molecule has 0 radical (unpaired) electrons. The number of aryl methyl sites for hydroxylation is 2. The summed E-state index contributed by atoms with van der Waals surface area (Å²) in [6.45, 7) is 7.59. The zero-order valence-corrected chi connectivity index (χ0v) is 16.4. The third kappa shape index (κ3) is 5.52. The molecule has 0 amide bonds. The van der Waals surface area contributed by atoms with Gasteiger partial charge in [0.25, 0.3) is 0 Å². The number of nitrogens with one attached hydrogen (secondary N) is 2. The van der Waals surface area contributed by atoms with Gasteiger partial charge < -0.3 is 19.6 Å². The highest BCUT2D eigenvalue weighted by molar-refractivity contribution is 14.0. The minimum atomic E-state index is 0. The molecule has 0 saturated carbocycles. The predicted molar refractivity (Wildman–Crippen MR) is 101 cm³/mol. The molecule has 0 fully saturated rings. The number of nitrogens with zero attached hydrogens (tertiary/aromatic N) is 4. The second kappa shape index (κ2) is 9.53. The van der Waals surface area contributed by atoms with Gasteiger partial charge in [-0.15, -0.1) is 34.2 Å². The molecule has 2 N–H and O–H groups in total. The second-order valence-electron chi connectivity index (χ2n) is 5.11. The van der Waals surface area contributed by atoms with E-state index in [1.165, 1.54) is 0 Å². The van der Waals surface area contributed by atoms with Gasteiger partial charge in [-0.05, 0) is 26.0 Å². The van der Waals surface area contributed by atoms with Gasteiger partial charge in [0.1, 0.15) is 23.7 Å². The second-order valence-corrected chi connectivity index (χ2v) is 5.11. The molecule has 0 aliphatic heterocycles. The predicted octanol–water partition coefficient (Wildman–Crippen LogP) is 2.29. The maximum absolute atomic E-state index is 5.62. The monoisotopic (exact) mass is 432 g/mol. The maximum Gasteiger partial charge on any atom is 0.191 e. The normalized spacial score (nSPS) is 12.6. The highest BCUT2D eigenvalue weighted by Gasteiger charge is 2.11. The van der Waals surface area contributed by atoms with Crippen LogP contribution in [0.25, 0.3) is 0 Å². The summed E-state index contributed by atoms with van der Waals surface area (Å²) in [5.74, 6) is 3.54. The van der Waals surface area contributed by atoms with Crippen LogP contribution in [0.1, 0.15) is 37.2 Å². The van der Waals surface area contributed by atoms with E-state index in [0.717, 1.165) is 42.8 Å². The summed E-state index contributed by atoms with van der Waals surface area (Å²) < 4.78 is 7.66. The lowest BCUT2D eigenvalue weighted by Crippen LogP contribution is -2.40. The van der Waals surface area contributed by atoms with Crippen molar-refractivity contribution in [1.29, 1.82) is 0 Å². The van der Waals surface area contributed by atoms with Gasteiger partial charge in [-0.1, -0.05) is 6.92 Å². The fourth-order valence-electron chi connectivity index (χ4n) is 2.19. The van der Waals surface area contributed by atoms with Crippen molar-refractivity contribution < 1.29 is 4.42 Å². The van der Waals surface area contributed by atoms with Crippen LogP contribution < -0.4 is 10.6 Å². The lowest BCUT2D eigenvalue weighted by atomic mass is 10.2. The third-order valence-electron chi connectivity index (χ3n) is 3.42. The van der Waals surface area contributed by atoms with Crippen LogP contribution in [0.15, 0.2) is 27.9 Å². The quantitative estimate of drug-likeness (QED) is 0.416. The zero-order valence-electron chi connectivity index (χ0n) is 14.0. The minimum absolute atomic E-state index is 0. The van der Waals surface area contributed by atoms with Crippen LogP contribution in [0, 0.1) is 6.92 Å². The molecule has 0 aromatic carbocycles. The average Bonchev–Trinajstić information content (AvgIpc) is 3.14. The van der Waals surface area contributed by atoms with E-state index in [1.807, 2.05) is 30.5 Å². The molecule has 2 heterocycles. The first-order chi connectivity index (χ1) is 10.6. The number of rotatable bonds is 6. The van der Waals surface area contributed by atoms with E-state index in [1.54, 1.807) is 13.4 Å². The number of hydrogen-bond donors (Lipinski definition) is 2. The fourth-order valence-corrected chi connectivity index (χ4v) is 2.19. The standard InChI is InChI=1S/C15H24N6O.HI/c1-5-14-20-18-10-21(14)9-8-17-15(16-4)19-12(3)13-7-6-11(2)22-13;/h6-7,10,12H,5,8-9H2,1-4H3,(H2,16,17,19);1H. The van der Waals surface area contributed by atoms with Crippen molar-refractivity contribution in [1.82, 2.24) is 25.4 Å². The molecule has 128 valence electrons. The highest BCUT2D eigenvalue weighted by Crippen LogP contribution is 2.15. The van der Waals surface area contributed by atoms with Gasteiger partial charge in [0.05, 0.1) is 6.04 Å². The van der Waals surface area contributed by atoms with Crippen molar-refractivity contribution in [2.24, 2.45) is 4.99 Å². The van der Waals surface area contributed by atoms with Gasteiger partial charge in [-0.2, -0.15) is 0 Å². The summed E-state index contributed by atoms with van der Waals surface area (Å²) in [4.78, 5) is 4.23. The van der Waals surface area contributed by atoms with Gasteiger partial charge in [0.2, 0.25) is 0 Å². The van der Waals surface area contributed by atoms with Gasteiger partial charge in [-0.3, -0.25) is 4.99 Å². The van der Waals surface area contributed by atoms with Crippen molar-refractivity contribution in [3.63, 3.8) is 0 Å². The number of aromatic nitrogens is 3. The molecule has 1 atom stereocenters. The SMILES string of the molecule is CCc1nncn1CCNC(=NC)NC(C)c1ccc(C)o1.I. The molecule has 8 heteroatoms. The smallest absolute Gasteiger partial charge is 0.191 e. The molecule has 2 rings (SSSR count). The minimum Gasteiger partial charge on any atom is -0.464 e. The first kappa shape index (κ1) is 19.5.